The van der Waals surface area contributed by atoms with E-state index in [0.29, 0.717) is 11.6 Å². The van der Waals surface area contributed by atoms with Gasteiger partial charge < -0.3 is 10.5 Å². The molecule has 0 bridgehead atoms. The first kappa shape index (κ1) is 10.7. The molecule has 0 aliphatic rings. The molecule has 72 valence electrons. The zero-order chi connectivity index (χ0) is 9.84. The van der Waals surface area contributed by atoms with Crippen LogP contribution in [-0.4, -0.2) is 13.4 Å². The highest BCUT2D eigenvalue weighted by atomic mass is 35.5. The minimum atomic E-state index is 0.497. The third kappa shape index (κ3) is 2.30. The van der Waals surface area contributed by atoms with E-state index in [1.54, 1.807) is 18.9 Å². The first-order chi connectivity index (χ1) is 6.22. The van der Waals surface area contributed by atoms with Crippen molar-refractivity contribution in [3.8, 4) is 5.75 Å². The zero-order valence-electron chi connectivity index (χ0n) is 7.63. The fraction of sp³-hybridized carbons (Fsp3) is 0.333. The lowest BCUT2D eigenvalue weighted by atomic mass is 10.2. The standard InChI is InChI=1S/C9H12ClNOS/c1-12-9-7(10)3-6(5-11)4-8(9)13-2/h3-4H,5,11H2,1-2H3. The van der Waals surface area contributed by atoms with Crippen LogP contribution in [0, 0.1) is 0 Å². The van der Waals surface area contributed by atoms with Gasteiger partial charge in [-0.25, -0.2) is 0 Å². The maximum absolute atomic E-state index is 6.00. The van der Waals surface area contributed by atoms with Gasteiger partial charge in [-0.05, 0) is 24.0 Å². The van der Waals surface area contributed by atoms with E-state index in [1.165, 1.54) is 0 Å². The second-order valence-electron chi connectivity index (χ2n) is 2.52. The van der Waals surface area contributed by atoms with Crippen LogP contribution in [0.15, 0.2) is 17.0 Å². The maximum Gasteiger partial charge on any atom is 0.150 e. The number of hydrogen-bond donors (Lipinski definition) is 1. The summed E-state index contributed by atoms with van der Waals surface area (Å²) in [6.45, 7) is 0.497. The number of thioether (sulfide) groups is 1. The van der Waals surface area contributed by atoms with Gasteiger partial charge in [-0.2, -0.15) is 0 Å². The van der Waals surface area contributed by atoms with Gasteiger partial charge in [0.05, 0.1) is 17.0 Å². The van der Waals surface area contributed by atoms with Crippen LogP contribution in [0.25, 0.3) is 0 Å². The normalized spacial score (nSPS) is 10.2. The number of halogens is 1. The van der Waals surface area contributed by atoms with E-state index in [9.17, 15) is 0 Å². The summed E-state index contributed by atoms with van der Waals surface area (Å²) in [5.41, 5.74) is 6.55. The van der Waals surface area contributed by atoms with Crippen molar-refractivity contribution in [2.75, 3.05) is 13.4 Å². The number of hydrogen-bond acceptors (Lipinski definition) is 3. The molecule has 13 heavy (non-hydrogen) atoms. The molecule has 0 unspecified atom stereocenters. The Bertz CT molecular complexity index is 304. The number of ether oxygens (including phenoxy) is 1. The fourth-order valence-electron chi connectivity index (χ4n) is 1.09. The highest BCUT2D eigenvalue weighted by Gasteiger charge is 2.08. The summed E-state index contributed by atoms with van der Waals surface area (Å²) in [5.74, 6) is 0.728. The molecule has 0 aliphatic carbocycles. The van der Waals surface area contributed by atoms with E-state index >= 15 is 0 Å². The lowest BCUT2D eigenvalue weighted by molar-refractivity contribution is 0.405. The van der Waals surface area contributed by atoms with Crippen LogP contribution in [0.2, 0.25) is 5.02 Å². The Balaban J connectivity index is 3.20. The van der Waals surface area contributed by atoms with Gasteiger partial charge >= 0.3 is 0 Å². The summed E-state index contributed by atoms with van der Waals surface area (Å²) in [6, 6.07) is 3.83. The zero-order valence-corrected chi connectivity index (χ0v) is 9.21. The van der Waals surface area contributed by atoms with E-state index in [2.05, 4.69) is 0 Å². The number of methoxy groups -OCH3 is 1. The minimum absolute atomic E-state index is 0.497. The highest BCUT2D eigenvalue weighted by molar-refractivity contribution is 7.98. The minimum Gasteiger partial charge on any atom is -0.494 e. The van der Waals surface area contributed by atoms with Crippen molar-refractivity contribution in [1.82, 2.24) is 0 Å². The SMILES string of the molecule is COc1c(Cl)cc(CN)cc1SC. The van der Waals surface area contributed by atoms with Crippen LogP contribution in [-0.2, 0) is 6.54 Å². The average molecular weight is 218 g/mol. The molecule has 0 atom stereocenters. The largest absolute Gasteiger partial charge is 0.494 e. The van der Waals surface area contributed by atoms with Crippen molar-refractivity contribution in [3.63, 3.8) is 0 Å². The quantitative estimate of drug-likeness (QED) is 0.791. The lowest BCUT2D eigenvalue weighted by Crippen LogP contribution is -1.97. The van der Waals surface area contributed by atoms with Crippen LogP contribution in [0.4, 0.5) is 0 Å². The molecule has 0 spiro atoms. The fourth-order valence-corrected chi connectivity index (χ4v) is 2.11. The first-order valence-electron chi connectivity index (χ1n) is 3.83. The van der Waals surface area contributed by atoms with E-state index in [-0.39, 0.29) is 0 Å². The third-order valence-electron chi connectivity index (χ3n) is 1.73. The molecule has 1 aromatic rings. The molecule has 0 radical (unpaired) electrons. The van der Waals surface area contributed by atoms with Gasteiger partial charge in [0.1, 0.15) is 0 Å². The number of rotatable bonds is 3. The number of nitrogens with two attached hydrogens (primary N) is 1. The average Bonchev–Trinajstić information content (AvgIpc) is 2.16. The van der Waals surface area contributed by atoms with Gasteiger partial charge in [-0.3, -0.25) is 0 Å². The van der Waals surface area contributed by atoms with Crippen molar-refractivity contribution in [2.45, 2.75) is 11.4 Å². The van der Waals surface area contributed by atoms with Crippen molar-refractivity contribution in [2.24, 2.45) is 5.73 Å². The second kappa shape index (κ2) is 4.74. The van der Waals surface area contributed by atoms with Crippen molar-refractivity contribution in [1.29, 1.82) is 0 Å². The third-order valence-corrected chi connectivity index (χ3v) is 2.75. The summed E-state index contributed by atoms with van der Waals surface area (Å²) in [4.78, 5) is 1.02. The smallest absolute Gasteiger partial charge is 0.150 e. The van der Waals surface area contributed by atoms with Crippen LogP contribution in [0.3, 0.4) is 0 Å². The Morgan fingerprint density at radius 3 is 2.69 bits per heavy atom. The summed E-state index contributed by atoms with van der Waals surface area (Å²) >= 11 is 7.60. The van der Waals surface area contributed by atoms with Gasteiger partial charge in [-0.15, -0.1) is 11.8 Å². The molecule has 1 aromatic carbocycles. The first-order valence-corrected chi connectivity index (χ1v) is 5.43. The van der Waals surface area contributed by atoms with Crippen LogP contribution >= 0.6 is 23.4 Å². The molecule has 0 aromatic heterocycles. The van der Waals surface area contributed by atoms with Gasteiger partial charge in [0.15, 0.2) is 5.75 Å². The molecule has 2 nitrogen and oxygen atoms in total. The lowest BCUT2D eigenvalue weighted by Gasteiger charge is -2.09. The molecule has 2 N–H and O–H groups in total. The predicted molar refractivity (Wildman–Crippen MR) is 57.7 cm³/mol. The summed E-state index contributed by atoms with van der Waals surface area (Å²) < 4.78 is 5.17. The summed E-state index contributed by atoms with van der Waals surface area (Å²) in [7, 11) is 1.61. The molecule has 4 heteroatoms. The maximum atomic E-state index is 6.00. The van der Waals surface area contributed by atoms with Crippen molar-refractivity contribution in [3.05, 3.63) is 22.7 Å². The molecular weight excluding hydrogens is 206 g/mol. The Morgan fingerprint density at radius 1 is 1.54 bits per heavy atom. The molecule has 1 rings (SSSR count). The second-order valence-corrected chi connectivity index (χ2v) is 3.77. The monoisotopic (exact) mass is 217 g/mol. The van der Waals surface area contributed by atoms with Gasteiger partial charge in [0, 0.05) is 6.54 Å². The van der Waals surface area contributed by atoms with E-state index in [4.69, 9.17) is 22.1 Å². The molecule has 0 fully saturated rings. The van der Waals surface area contributed by atoms with E-state index in [1.807, 2.05) is 18.4 Å². The van der Waals surface area contributed by atoms with Gasteiger partial charge in [0.25, 0.3) is 0 Å². The Labute approximate surface area is 87.4 Å². The Morgan fingerprint density at radius 2 is 2.23 bits per heavy atom. The molecule has 0 saturated heterocycles. The molecular formula is C9H12ClNOS. The number of benzene rings is 1. The Hall–Kier alpha value is -0.380. The van der Waals surface area contributed by atoms with Crippen molar-refractivity contribution < 1.29 is 4.74 Å². The van der Waals surface area contributed by atoms with Crippen LogP contribution in [0.5, 0.6) is 5.75 Å². The predicted octanol–water partition coefficient (Wildman–Crippen LogP) is 2.53. The van der Waals surface area contributed by atoms with E-state index < -0.39 is 0 Å². The molecule has 0 aliphatic heterocycles. The van der Waals surface area contributed by atoms with Gasteiger partial charge in [0.2, 0.25) is 0 Å². The molecule has 0 saturated carbocycles. The van der Waals surface area contributed by atoms with E-state index in [0.717, 1.165) is 16.2 Å². The van der Waals surface area contributed by atoms with Crippen molar-refractivity contribution >= 4 is 23.4 Å². The summed E-state index contributed by atoms with van der Waals surface area (Å²) in [5, 5.41) is 0.620. The van der Waals surface area contributed by atoms with Crippen LogP contribution < -0.4 is 10.5 Å². The molecule has 0 heterocycles. The van der Waals surface area contributed by atoms with Gasteiger partial charge in [-0.1, -0.05) is 11.6 Å². The topological polar surface area (TPSA) is 35.2 Å². The summed E-state index contributed by atoms with van der Waals surface area (Å²) in [6.07, 6.45) is 1.98. The Kier molecular flexibility index (Phi) is 3.90. The molecule has 0 amide bonds. The highest BCUT2D eigenvalue weighted by Crippen LogP contribution is 2.35. The van der Waals surface area contributed by atoms with Crippen LogP contribution in [0.1, 0.15) is 5.56 Å².